The maximum absolute atomic E-state index is 6.26. The first-order valence-corrected chi connectivity index (χ1v) is 8.49. The van der Waals surface area contributed by atoms with Crippen molar-refractivity contribution in [1.82, 2.24) is 5.32 Å². The van der Waals surface area contributed by atoms with E-state index >= 15 is 0 Å². The van der Waals surface area contributed by atoms with Gasteiger partial charge in [-0.1, -0.05) is 72.3 Å². The van der Waals surface area contributed by atoms with E-state index in [2.05, 4.69) is 72.2 Å². The lowest BCUT2D eigenvalue weighted by atomic mass is 9.89. The molecule has 0 aliphatic carbocycles. The molecule has 0 amide bonds. The van der Waals surface area contributed by atoms with Crippen LogP contribution in [-0.2, 0) is 5.66 Å². The van der Waals surface area contributed by atoms with Crippen LogP contribution < -0.4 is 10.6 Å². The molecule has 0 saturated carbocycles. The van der Waals surface area contributed by atoms with E-state index in [4.69, 9.17) is 11.6 Å². The molecular formula is C21H19ClN2. The Hall–Kier alpha value is -2.29. The average molecular weight is 335 g/mol. The van der Waals surface area contributed by atoms with Crippen LogP contribution in [0.5, 0.6) is 0 Å². The quantitative estimate of drug-likeness (QED) is 0.663. The molecule has 0 spiro atoms. The first-order chi connectivity index (χ1) is 11.7. The molecule has 1 heterocycles. The van der Waals surface area contributed by atoms with Crippen LogP contribution in [0.25, 0.3) is 0 Å². The van der Waals surface area contributed by atoms with Gasteiger partial charge >= 0.3 is 0 Å². The minimum Gasteiger partial charge on any atom is -0.363 e. The molecule has 1 aliphatic rings. The first kappa shape index (κ1) is 15.3. The zero-order valence-electron chi connectivity index (χ0n) is 13.5. The van der Waals surface area contributed by atoms with Gasteiger partial charge in [-0.3, -0.25) is 5.32 Å². The van der Waals surface area contributed by atoms with Crippen LogP contribution >= 0.6 is 11.6 Å². The van der Waals surface area contributed by atoms with Crippen LogP contribution in [0.1, 0.15) is 29.7 Å². The smallest absolute Gasteiger partial charge is 0.112 e. The first-order valence-electron chi connectivity index (χ1n) is 8.11. The highest BCUT2D eigenvalue weighted by Crippen LogP contribution is 2.40. The maximum atomic E-state index is 6.26. The van der Waals surface area contributed by atoms with Gasteiger partial charge in [0, 0.05) is 10.7 Å². The maximum Gasteiger partial charge on any atom is 0.112 e. The SMILES string of the molecule is C[C@]1(c2ccccc2)Nc2ccc(Cl)cc2[C@H](c2ccccc2)N1. The van der Waals surface area contributed by atoms with E-state index in [1.54, 1.807) is 0 Å². The predicted molar refractivity (Wildman–Crippen MR) is 100 cm³/mol. The van der Waals surface area contributed by atoms with Gasteiger partial charge in [0.15, 0.2) is 0 Å². The molecule has 2 N–H and O–H groups in total. The second-order valence-electron chi connectivity index (χ2n) is 6.34. The summed E-state index contributed by atoms with van der Waals surface area (Å²) >= 11 is 6.26. The summed E-state index contributed by atoms with van der Waals surface area (Å²) in [5, 5.41) is 8.17. The van der Waals surface area contributed by atoms with Crippen molar-refractivity contribution in [2.24, 2.45) is 0 Å². The third-order valence-corrected chi connectivity index (χ3v) is 4.86. The van der Waals surface area contributed by atoms with Gasteiger partial charge in [-0.15, -0.1) is 0 Å². The Kier molecular flexibility index (Phi) is 3.79. The van der Waals surface area contributed by atoms with Crippen molar-refractivity contribution in [1.29, 1.82) is 0 Å². The number of benzene rings is 3. The Morgan fingerprint density at radius 3 is 2.25 bits per heavy atom. The van der Waals surface area contributed by atoms with E-state index in [0.29, 0.717) is 0 Å². The zero-order valence-corrected chi connectivity index (χ0v) is 14.2. The average Bonchev–Trinajstić information content (AvgIpc) is 2.63. The second kappa shape index (κ2) is 5.97. The minimum absolute atomic E-state index is 0.0753. The number of halogens is 1. The largest absolute Gasteiger partial charge is 0.363 e. The number of nitrogens with one attached hydrogen (secondary N) is 2. The van der Waals surface area contributed by atoms with Gasteiger partial charge in [-0.05, 0) is 41.8 Å². The van der Waals surface area contributed by atoms with Crippen molar-refractivity contribution in [2.45, 2.75) is 18.6 Å². The monoisotopic (exact) mass is 334 g/mol. The molecule has 0 fully saturated rings. The molecule has 3 aromatic carbocycles. The normalized spacial score (nSPS) is 22.5. The van der Waals surface area contributed by atoms with E-state index in [1.165, 1.54) is 16.7 Å². The fourth-order valence-corrected chi connectivity index (χ4v) is 3.57. The molecule has 120 valence electrons. The summed E-state index contributed by atoms with van der Waals surface area (Å²) in [4.78, 5) is 0. The molecule has 2 atom stereocenters. The predicted octanol–water partition coefficient (Wildman–Crippen LogP) is 5.32. The molecule has 0 bridgehead atoms. The molecule has 3 aromatic rings. The van der Waals surface area contributed by atoms with Crippen molar-refractivity contribution in [3.8, 4) is 0 Å². The molecule has 1 aliphatic heterocycles. The van der Waals surface area contributed by atoms with Gasteiger partial charge in [0.05, 0.1) is 6.04 Å². The van der Waals surface area contributed by atoms with Gasteiger partial charge < -0.3 is 5.32 Å². The van der Waals surface area contributed by atoms with Crippen molar-refractivity contribution in [3.63, 3.8) is 0 Å². The molecule has 3 heteroatoms. The molecule has 0 radical (unpaired) electrons. The Morgan fingerprint density at radius 2 is 1.54 bits per heavy atom. The molecule has 0 saturated heterocycles. The second-order valence-corrected chi connectivity index (χ2v) is 6.77. The highest BCUT2D eigenvalue weighted by molar-refractivity contribution is 6.30. The summed E-state index contributed by atoms with van der Waals surface area (Å²) in [5.41, 5.74) is 4.35. The van der Waals surface area contributed by atoms with Gasteiger partial charge in [0.1, 0.15) is 5.66 Å². The van der Waals surface area contributed by atoms with Gasteiger partial charge in [-0.2, -0.15) is 0 Å². The van der Waals surface area contributed by atoms with Gasteiger partial charge in [-0.25, -0.2) is 0 Å². The topological polar surface area (TPSA) is 24.1 Å². The van der Waals surface area contributed by atoms with Crippen molar-refractivity contribution in [3.05, 3.63) is 101 Å². The summed E-state index contributed by atoms with van der Waals surface area (Å²) in [6.07, 6.45) is 0. The Labute approximate surface area is 147 Å². The number of hydrogen-bond acceptors (Lipinski definition) is 2. The van der Waals surface area contributed by atoms with Crippen LogP contribution in [-0.4, -0.2) is 0 Å². The highest BCUT2D eigenvalue weighted by Gasteiger charge is 2.36. The highest BCUT2D eigenvalue weighted by atomic mass is 35.5. The van der Waals surface area contributed by atoms with E-state index in [1.807, 2.05) is 24.3 Å². The lowest BCUT2D eigenvalue weighted by molar-refractivity contribution is 0.367. The molecule has 2 nitrogen and oxygen atoms in total. The summed E-state index contributed by atoms with van der Waals surface area (Å²) in [5.74, 6) is 0. The van der Waals surface area contributed by atoms with Crippen LogP contribution in [0, 0.1) is 0 Å². The zero-order chi connectivity index (χ0) is 16.6. The fraction of sp³-hybridized carbons (Fsp3) is 0.143. The van der Waals surface area contributed by atoms with Crippen molar-refractivity contribution in [2.75, 3.05) is 5.32 Å². The Morgan fingerprint density at radius 1 is 0.875 bits per heavy atom. The summed E-state index contributed by atoms with van der Waals surface area (Å²) in [6, 6.07) is 27.1. The molecular weight excluding hydrogens is 316 g/mol. The fourth-order valence-electron chi connectivity index (χ4n) is 3.39. The minimum atomic E-state index is -0.359. The number of anilines is 1. The van der Waals surface area contributed by atoms with Crippen molar-refractivity contribution >= 4 is 17.3 Å². The molecule has 24 heavy (non-hydrogen) atoms. The molecule has 0 unspecified atom stereocenters. The van der Waals surface area contributed by atoms with Crippen molar-refractivity contribution < 1.29 is 0 Å². The lowest BCUT2D eigenvalue weighted by Crippen LogP contribution is -2.51. The number of fused-ring (bicyclic) bond motifs is 1. The van der Waals surface area contributed by atoms with E-state index in [9.17, 15) is 0 Å². The Balaban J connectivity index is 1.85. The van der Waals surface area contributed by atoms with E-state index < -0.39 is 0 Å². The van der Waals surface area contributed by atoms with Gasteiger partial charge in [0.25, 0.3) is 0 Å². The standard InChI is InChI=1S/C21H19ClN2/c1-21(16-10-6-3-7-11-16)23-19-13-12-17(22)14-18(19)20(24-21)15-8-4-2-5-9-15/h2-14,20,23-24H,1H3/t20-,21-/m0/s1. The van der Waals surface area contributed by atoms with Crippen LogP contribution in [0.2, 0.25) is 5.02 Å². The summed E-state index contributed by atoms with van der Waals surface area (Å²) < 4.78 is 0. The number of rotatable bonds is 2. The Bertz CT molecular complexity index is 848. The van der Waals surface area contributed by atoms with E-state index in [-0.39, 0.29) is 11.7 Å². The summed E-state index contributed by atoms with van der Waals surface area (Å²) in [6.45, 7) is 2.18. The summed E-state index contributed by atoms with van der Waals surface area (Å²) in [7, 11) is 0. The lowest BCUT2D eigenvalue weighted by Gasteiger charge is -2.43. The molecule has 0 aromatic heterocycles. The van der Waals surface area contributed by atoms with Crippen LogP contribution in [0.3, 0.4) is 0 Å². The third kappa shape index (κ3) is 2.68. The van der Waals surface area contributed by atoms with Gasteiger partial charge in [0.2, 0.25) is 0 Å². The van der Waals surface area contributed by atoms with E-state index in [0.717, 1.165) is 10.7 Å². The van der Waals surface area contributed by atoms with Crippen LogP contribution in [0.15, 0.2) is 78.9 Å². The number of hydrogen-bond donors (Lipinski definition) is 2. The third-order valence-electron chi connectivity index (χ3n) is 4.63. The molecule has 4 rings (SSSR count). The van der Waals surface area contributed by atoms with Crippen LogP contribution in [0.4, 0.5) is 5.69 Å².